The van der Waals surface area contributed by atoms with Gasteiger partial charge in [-0.1, -0.05) is 20.8 Å². The summed E-state index contributed by atoms with van der Waals surface area (Å²) < 4.78 is 11.0. The Hall–Kier alpha value is -2.37. The van der Waals surface area contributed by atoms with E-state index in [0.29, 0.717) is 43.2 Å². The second-order valence-electron chi connectivity index (χ2n) is 7.83. The fraction of sp³-hybridized carbons (Fsp3) is 0.526. The second kappa shape index (κ2) is 4.84. The van der Waals surface area contributed by atoms with E-state index < -0.39 is 33.7 Å². The van der Waals surface area contributed by atoms with Gasteiger partial charge in [0.2, 0.25) is 17.5 Å². The number of Topliss-reactive ketones (excluding diaryl/α,β-unsaturated/α-hetero) is 2. The number of ketones is 2. The van der Waals surface area contributed by atoms with Crippen molar-refractivity contribution in [2.45, 2.75) is 33.6 Å². The summed E-state index contributed by atoms with van der Waals surface area (Å²) in [4.78, 5) is 38.3. The van der Waals surface area contributed by atoms with Crippen LogP contribution in [0.15, 0.2) is 18.2 Å². The first-order valence-electron chi connectivity index (χ1n) is 8.54. The Kier molecular flexibility index (Phi) is 3.12. The first-order chi connectivity index (χ1) is 11.7. The van der Waals surface area contributed by atoms with Crippen molar-refractivity contribution in [3.8, 4) is 11.5 Å². The van der Waals surface area contributed by atoms with E-state index in [1.807, 2.05) is 13.8 Å². The number of hydrogen-bond donors (Lipinski definition) is 1. The molecule has 4 rings (SSSR count). The van der Waals surface area contributed by atoms with Crippen LogP contribution in [0.25, 0.3) is 0 Å². The molecule has 1 N–H and O–H groups in total. The fourth-order valence-corrected chi connectivity index (χ4v) is 4.63. The molecule has 2 atom stereocenters. The van der Waals surface area contributed by atoms with Crippen LogP contribution in [0.1, 0.15) is 33.6 Å². The smallest absolute Gasteiger partial charge is 0.239 e. The predicted molar refractivity (Wildman–Crippen MR) is 89.6 cm³/mol. The maximum absolute atomic E-state index is 13.1. The predicted octanol–water partition coefficient (Wildman–Crippen LogP) is 2.36. The van der Waals surface area contributed by atoms with Crippen LogP contribution >= 0.6 is 0 Å². The number of anilines is 1. The number of carbonyl (C=O) groups is 3. The zero-order valence-corrected chi connectivity index (χ0v) is 14.6. The van der Waals surface area contributed by atoms with Gasteiger partial charge in [0.05, 0.1) is 0 Å². The van der Waals surface area contributed by atoms with Crippen molar-refractivity contribution in [3.63, 3.8) is 0 Å². The zero-order valence-electron chi connectivity index (χ0n) is 14.6. The van der Waals surface area contributed by atoms with Crippen LogP contribution in [0.4, 0.5) is 5.69 Å². The van der Waals surface area contributed by atoms with Crippen LogP contribution in [0.5, 0.6) is 11.5 Å². The largest absolute Gasteiger partial charge is 0.486 e. The normalized spacial score (nSPS) is 32.0. The van der Waals surface area contributed by atoms with Gasteiger partial charge in [0.25, 0.3) is 0 Å². The molecule has 6 nitrogen and oxygen atoms in total. The Balaban J connectivity index is 1.67. The van der Waals surface area contributed by atoms with E-state index >= 15 is 0 Å². The van der Waals surface area contributed by atoms with E-state index in [1.165, 1.54) is 0 Å². The molecule has 1 amide bonds. The van der Waals surface area contributed by atoms with Gasteiger partial charge in [0.15, 0.2) is 11.5 Å². The molecule has 1 heterocycles. The van der Waals surface area contributed by atoms with E-state index in [4.69, 9.17) is 9.47 Å². The Labute approximate surface area is 145 Å². The summed E-state index contributed by atoms with van der Waals surface area (Å²) in [7, 11) is 0. The molecule has 6 heteroatoms. The molecule has 0 unspecified atom stereocenters. The molecule has 0 saturated heterocycles. The van der Waals surface area contributed by atoms with Crippen LogP contribution in [0.3, 0.4) is 0 Å². The third-order valence-corrected chi connectivity index (χ3v) is 6.73. The fourth-order valence-electron chi connectivity index (χ4n) is 4.63. The van der Waals surface area contributed by atoms with Gasteiger partial charge in [-0.15, -0.1) is 0 Å². The van der Waals surface area contributed by atoms with Gasteiger partial charge in [0.1, 0.15) is 18.6 Å². The maximum atomic E-state index is 13.1. The lowest BCUT2D eigenvalue weighted by atomic mass is 9.64. The summed E-state index contributed by atoms with van der Waals surface area (Å²) in [6, 6.07) is 5.13. The second-order valence-corrected chi connectivity index (χ2v) is 7.83. The molecule has 2 saturated carbocycles. The maximum Gasteiger partial charge on any atom is 0.239 e. The van der Waals surface area contributed by atoms with Gasteiger partial charge < -0.3 is 14.8 Å². The SMILES string of the molecule is CC1(C)[C@@]2(C(=O)Nc3ccc4c(c3)OCCO4)CC[C@]1(C)C(=O)C2=O. The number of fused-ring (bicyclic) bond motifs is 3. The van der Waals surface area contributed by atoms with E-state index in [0.717, 1.165) is 0 Å². The number of nitrogens with one attached hydrogen (secondary N) is 1. The highest BCUT2D eigenvalue weighted by atomic mass is 16.6. The average Bonchev–Trinajstić information content (AvgIpc) is 2.86. The van der Waals surface area contributed by atoms with Gasteiger partial charge in [-0.3, -0.25) is 14.4 Å². The standard InChI is InChI=1S/C19H21NO5/c1-17(2)18(3)6-7-19(17,15(22)14(18)21)16(23)20-11-4-5-12-13(10-11)25-9-8-24-12/h4-5,10H,6-9H2,1-3H3,(H,20,23)/t18-,19+/m1/s1. The highest BCUT2D eigenvalue weighted by molar-refractivity contribution is 6.49. The third kappa shape index (κ3) is 1.77. The average molecular weight is 343 g/mol. The molecular formula is C19H21NO5. The van der Waals surface area contributed by atoms with Crippen LogP contribution in [-0.2, 0) is 14.4 Å². The van der Waals surface area contributed by atoms with Gasteiger partial charge in [-0.05, 0) is 30.4 Å². The van der Waals surface area contributed by atoms with E-state index in [-0.39, 0.29) is 0 Å². The molecule has 0 spiro atoms. The van der Waals surface area contributed by atoms with Crippen molar-refractivity contribution in [2.75, 3.05) is 18.5 Å². The molecule has 0 aromatic heterocycles. The van der Waals surface area contributed by atoms with Crippen LogP contribution in [0, 0.1) is 16.2 Å². The van der Waals surface area contributed by atoms with Crippen LogP contribution in [-0.4, -0.2) is 30.7 Å². The lowest BCUT2D eigenvalue weighted by Crippen LogP contribution is -2.47. The molecule has 1 aromatic rings. The number of amides is 1. The summed E-state index contributed by atoms with van der Waals surface area (Å²) in [6.07, 6.45) is 0.955. The molecule has 1 aliphatic heterocycles. The highest BCUT2D eigenvalue weighted by Gasteiger charge is 2.77. The van der Waals surface area contributed by atoms with Crippen LogP contribution in [0.2, 0.25) is 0 Å². The molecule has 2 fully saturated rings. The zero-order chi connectivity index (χ0) is 18.0. The Morgan fingerprint density at radius 1 is 1.00 bits per heavy atom. The summed E-state index contributed by atoms with van der Waals surface area (Å²) in [5.41, 5.74) is -2.26. The third-order valence-electron chi connectivity index (χ3n) is 6.73. The first-order valence-corrected chi connectivity index (χ1v) is 8.54. The van der Waals surface area contributed by atoms with E-state index in [9.17, 15) is 14.4 Å². The highest BCUT2D eigenvalue weighted by Crippen LogP contribution is 2.69. The van der Waals surface area contributed by atoms with Crippen molar-refractivity contribution in [1.29, 1.82) is 0 Å². The Morgan fingerprint density at radius 3 is 2.32 bits per heavy atom. The molecule has 2 aliphatic carbocycles. The molecular weight excluding hydrogens is 322 g/mol. The number of ether oxygens (including phenoxy) is 2. The summed E-state index contributed by atoms with van der Waals surface area (Å²) >= 11 is 0. The van der Waals surface area contributed by atoms with Gasteiger partial charge in [-0.25, -0.2) is 0 Å². The van der Waals surface area contributed by atoms with Crippen molar-refractivity contribution >= 4 is 23.2 Å². The Morgan fingerprint density at radius 2 is 1.68 bits per heavy atom. The lowest BCUT2D eigenvalue weighted by molar-refractivity contribution is -0.147. The lowest BCUT2D eigenvalue weighted by Gasteiger charge is -2.37. The minimum Gasteiger partial charge on any atom is -0.486 e. The molecule has 25 heavy (non-hydrogen) atoms. The molecule has 3 aliphatic rings. The number of rotatable bonds is 2. The van der Waals surface area contributed by atoms with Crippen molar-refractivity contribution < 1.29 is 23.9 Å². The number of hydrogen-bond acceptors (Lipinski definition) is 5. The minimum absolute atomic E-state index is 0.400. The van der Waals surface area contributed by atoms with Gasteiger partial charge in [0, 0.05) is 17.2 Å². The summed E-state index contributed by atoms with van der Waals surface area (Å²) in [5.74, 6) is -0.190. The quantitative estimate of drug-likeness (QED) is 0.658. The molecule has 0 radical (unpaired) electrons. The van der Waals surface area contributed by atoms with Gasteiger partial charge in [-0.2, -0.15) is 0 Å². The summed E-state index contributed by atoms with van der Waals surface area (Å²) in [5, 5.41) is 2.83. The molecule has 2 bridgehead atoms. The summed E-state index contributed by atoms with van der Waals surface area (Å²) in [6.45, 7) is 6.45. The van der Waals surface area contributed by atoms with Crippen molar-refractivity contribution in [1.82, 2.24) is 0 Å². The topological polar surface area (TPSA) is 81.7 Å². The van der Waals surface area contributed by atoms with E-state index in [1.54, 1.807) is 25.1 Å². The Bertz CT molecular complexity index is 814. The van der Waals surface area contributed by atoms with E-state index in [2.05, 4.69) is 5.32 Å². The molecule has 132 valence electrons. The molecule has 1 aromatic carbocycles. The van der Waals surface area contributed by atoms with Gasteiger partial charge >= 0.3 is 0 Å². The van der Waals surface area contributed by atoms with Crippen molar-refractivity contribution in [3.05, 3.63) is 18.2 Å². The van der Waals surface area contributed by atoms with Crippen molar-refractivity contribution in [2.24, 2.45) is 16.2 Å². The number of carbonyl (C=O) groups excluding carboxylic acids is 3. The minimum atomic E-state index is -1.30. The van der Waals surface area contributed by atoms with Crippen LogP contribution < -0.4 is 14.8 Å². The first kappa shape index (κ1) is 16.1. The number of benzene rings is 1. The monoisotopic (exact) mass is 343 g/mol.